The van der Waals surface area contributed by atoms with Crippen molar-refractivity contribution in [2.75, 3.05) is 18.5 Å². The molecule has 0 aromatic heterocycles. The molecule has 1 amide bonds. The smallest absolute Gasteiger partial charge is 0.294 e. The van der Waals surface area contributed by atoms with Crippen molar-refractivity contribution < 1.29 is 14.8 Å². The van der Waals surface area contributed by atoms with E-state index in [9.17, 15) is 20.0 Å². The van der Waals surface area contributed by atoms with Gasteiger partial charge in [0.2, 0.25) is 0 Å². The van der Waals surface area contributed by atoms with Gasteiger partial charge < -0.3 is 15.4 Å². The minimum atomic E-state index is -0.769. The minimum absolute atomic E-state index is 0.00448. The van der Waals surface area contributed by atoms with Gasteiger partial charge in [0.1, 0.15) is 5.69 Å². The van der Waals surface area contributed by atoms with Crippen LogP contribution < -0.4 is 11.3 Å². The number of nitro groups is 1. The lowest BCUT2D eigenvalue weighted by Crippen LogP contribution is -2.45. The molecule has 2 rings (SSSR count). The van der Waals surface area contributed by atoms with Gasteiger partial charge in [-0.25, -0.2) is 0 Å². The third-order valence-electron chi connectivity index (χ3n) is 3.74. The van der Waals surface area contributed by atoms with E-state index in [1.165, 1.54) is 18.2 Å². The molecule has 1 saturated heterocycles. The summed E-state index contributed by atoms with van der Waals surface area (Å²) in [7, 11) is 0. The van der Waals surface area contributed by atoms with E-state index in [0.29, 0.717) is 25.9 Å². The van der Waals surface area contributed by atoms with Gasteiger partial charge in [-0.3, -0.25) is 20.8 Å². The second kappa shape index (κ2) is 5.66. The number of nitrogen functional groups attached to an aromatic ring is 1. The molecule has 1 aliphatic rings. The average molecular weight is 294 g/mol. The molecule has 8 heteroatoms. The van der Waals surface area contributed by atoms with E-state index in [2.05, 4.69) is 5.43 Å². The van der Waals surface area contributed by atoms with E-state index in [4.69, 9.17) is 5.84 Å². The van der Waals surface area contributed by atoms with Crippen LogP contribution in [0.4, 0.5) is 11.4 Å². The summed E-state index contributed by atoms with van der Waals surface area (Å²) < 4.78 is 0. The quantitative estimate of drug-likeness (QED) is 0.432. The second-order valence-electron chi connectivity index (χ2n) is 5.39. The summed E-state index contributed by atoms with van der Waals surface area (Å²) in [6.45, 7) is 2.53. The van der Waals surface area contributed by atoms with Crippen LogP contribution in [-0.4, -0.2) is 39.5 Å². The molecule has 0 aliphatic carbocycles. The van der Waals surface area contributed by atoms with Gasteiger partial charge in [0.15, 0.2) is 0 Å². The largest absolute Gasteiger partial charge is 0.390 e. The summed E-state index contributed by atoms with van der Waals surface area (Å²) in [6.07, 6.45) is 0.943. The zero-order valence-electron chi connectivity index (χ0n) is 11.7. The maximum absolute atomic E-state index is 12.5. The van der Waals surface area contributed by atoms with Crippen LogP contribution in [0, 0.1) is 10.1 Å². The Morgan fingerprint density at radius 3 is 2.62 bits per heavy atom. The topological polar surface area (TPSA) is 122 Å². The predicted octanol–water partition coefficient (Wildman–Crippen LogP) is 0.867. The van der Waals surface area contributed by atoms with Gasteiger partial charge >= 0.3 is 0 Å². The van der Waals surface area contributed by atoms with Gasteiger partial charge in [0.25, 0.3) is 11.6 Å². The van der Waals surface area contributed by atoms with Crippen molar-refractivity contribution in [3.63, 3.8) is 0 Å². The number of hydrogen-bond acceptors (Lipinski definition) is 6. The number of amides is 1. The Hall–Kier alpha value is -2.19. The average Bonchev–Trinajstić information content (AvgIpc) is 2.45. The predicted molar refractivity (Wildman–Crippen MR) is 76.7 cm³/mol. The maximum atomic E-state index is 12.5. The molecule has 1 aromatic carbocycles. The molecular formula is C13H18N4O4. The lowest BCUT2D eigenvalue weighted by molar-refractivity contribution is -0.384. The van der Waals surface area contributed by atoms with Crippen LogP contribution in [0.3, 0.4) is 0 Å². The van der Waals surface area contributed by atoms with Gasteiger partial charge in [-0.05, 0) is 25.8 Å². The molecule has 1 heterocycles. The molecule has 0 unspecified atom stereocenters. The summed E-state index contributed by atoms with van der Waals surface area (Å²) >= 11 is 0. The van der Waals surface area contributed by atoms with Gasteiger partial charge in [0, 0.05) is 19.2 Å². The fraction of sp³-hybridized carbons (Fsp3) is 0.462. The fourth-order valence-electron chi connectivity index (χ4n) is 2.38. The van der Waals surface area contributed by atoms with Crippen LogP contribution in [0.5, 0.6) is 0 Å². The third kappa shape index (κ3) is 3.11. The SMILES string of the molecule is CC1(O)CCN(C(=O)c2cccc([N+](=O)[O-])c2NN)CC1. The number of nitrogens with two attached hydrogens (primary N) is 1. The number of anilines is 1. The van der Waals surface area contributed by atoms with Gasteiger partial charge in [-0.15, -0.1) is 0 Å². The van der Waals surface area contributed by atoms with Gasteiger partial charge in [-0.1, -0.05) is 6.07 Å². The Bertz CT molecular complexity index is 563. The van der Waals surface area contributed by atoms with Crippen molar-refractivity contribution in [1.82, 2.24) is 4.90 Å². The number of nitro benzene ring substituents is 1. The lowest BCUT2D eigenvalue weighted by atomic mass is 9.93. The lowest BCUT2D eigenvalue weighted by Gasteiger charge is -2.36. The number of likely N-dealkylation sites (tertiary alicyclic amines) is 1. The summed E-state index contributed by atoms with van der Waals surface area (Å²) in [5, 5.41) is 20.9. The number of carbonyl (C=O) groups is 1. The summed E-state index contributed by atoms with van der Waals surface area (Å²) in [6, 6.07) is 4.23. The van der Waals surface area contributed by atoms with Crippen LogP contribution in [0.15, 0.2) is 18.2 Å². The number of para-hydroxylation sites is 1. The number of benzene rings is 1. The fourth-order valence-corrected chi connectivity index (χ4v) is 2.38. The molecule has 0 saturated carbocycles. The Balaban J connectivity index is 2.28. The highest BCUT2D eigenvalue weighted by Gasteiger charge is 2.31. The van der Waals surface area contributed by atoms with Crippen molar-refractivity contribution in [3.05, 3.63) is 33.9 Å². The Labute approximate surface area is 121 Å². The Morgan fingerprint density at radius 2 is 2.10 bits per heavy atom. The summed E-state index contributed by atoms with van der Waals surface area (Å²) in [4.78, 5) is 24.4. The van der Waals surface area contributed by atoms with Crippen molar-refractivity contribution in [1.29, 1.82) is 0 Å². The first kappa shape index (κ1) is 15.2. The summed E-state index contributed by atoms with van der Waals surface area (Å²) in [5.74, 6) is 5.00. The van der Waals surface area contributed by atoms with Crippen LogP contribution in [0.25, 0.3) is 0 Å². The monoisotopic (exact) mass is 294 g/mol. The molecular weight excluding hydrogens is 276 g/mol. The van der Waals surface area contributed by atoms with Crippen molar-refractivity contribution in [2.45, 2.75) is 25.4 Å². The van der Waals surface area contributed by atoms with Crippen molar-refractivity contribution in [2.24, 2.45) is 5.84 Å². The number of hydrogen-bond donors (Lipinski definition) is 3. The highest BCUT2D eigenvalue weighted by molar-refractivity contribution is 6.01. The molecule has 21 heavy (non-hydrogen) atoms. The zero-order valence-corrected chi connectivity index (χ0v) is 11.7. The zero-order chi connectivity index (χ0) is 15.6. The molecule has 1 aliphatic heterocycles. The van der Waals surface area contributed by atoms with E-state index in [-0.39, 0.29) is 22.8 Å². The Morgan fingerprint density at radius 1 is 1.48 bits per heavy atom. The summed E-state index contributed by atoms with van der Waals surface area (Å²) in [5.41, 5.74) is 1.40. The van der Waals surface area contributed by atoms with Gasteiger partial charge in [0.05, 0.1) is 16.1 Å². The number of carbonyl (C=O) groups excluding carboxylic acids is 1. The first-order valence-electron chi connectivity index (χ1n) is 6.61. The molecule has 0 radical (unpaired) electrons. The molecule has 1 aromatic rings. The maximum Gasteiger partial charge on any atom is 0.294 e. The molecule has 4 N–H and O–H groups in total. The van der Waals surface area contributed by atoms with Crippen LogP contribution in [0.2, 0.25) is 0 Å². The normalized spacial score (nSPS) is 17.4. The van der Waals surface area contributed by atoms with E-state index < -0.39 is 10.5 Å². The molecule has 8 nitrogen and oxygen atoms in total. The number of aliphatic hydroxyl groups is 1. The first-order chi connectivity index (χ1) is 9.85. The van der Waals surface area contributed by atoms with Crippen molar-refractivity contribution >= 4 is 17.3 Å². The number of hydrazine groups is 1. The number of piperidine rings is 1. The molecule has 1 fully saturated rings. The molecule has 114 valence electrons. The molecule has 0 spiro atoms. The first-order valence-corrected chi connectivity index (χ1v) is 6.61. The van der Waals surface area contributed by atoms with E-state index in [0.717, 1.165) is 0 Å². The van der Waals surface area contributed by atoms with E-state index >= 15 is 0 Å². The Kier molecular flexibility index (Phi) is 4.10. The molecule has 0 bridgehead atoms. The second-order valence-corrected chi connectivity index (χ2v) is 5.39. The van der Waals surface area contributed by atoms with Gasteiger partial charge in [-0.2, -0.15) is 0 Å². The third-order valence-corrected chi connectivity index (χ3v) is 3.74. The molecule has 0 atom stereocenters. The standard InChI is InChI=1S/C13H18N4O4/c1-13(19)5-7-16(8-6-13)12(18)9-3-2-4-10(17(20)21)11(9)15-14/h2-4,15,19H,5-8,14H2,1H3. The van der Waals surface area contributed by atoms with Crippen molar-refractivity contribution in [3.8, 4) is 0 Å². The highest BCUT2D eigenvalue weighted by atomic mass is 16.6. The van der Waals surface area contributed by atoms with E-state index in [1.54, 1.807) is 11.8 Å². The number of nitrogens with zero attached hydrogens (tertiary/aromatic N) is 2. The highest BCUT2D eigenvalue weighted by Crippen LogP contribution is 2.30. The van der Waals surface area contributed by atoms with Crippen LogP contribution in [-0.2, 0) is 0 Å². The van der Waals surface area contributed by atoms with Crippen LogP contribution >= 0.6 is 0 Å². The number of nitrogens with one attached hydrogen (secondary N) is 1. The van der Waals surface area contributed by atoms with Crippen LogP contribution in [0.1, 0.15) is 30.1 Å². The number of rotatable bonds is 3. The minimum Gasteiger partial charge on any atom is -0.390 e. The van der Waals surface area contributed by atoms with E-state index in [1.807, 2.05) is 0 Å².